The Morgan fingerprint density at radius 1 is 1.00 bits per heavy atom. The number of fused-ring (bicyclic) bond motifs is 1. The second kappa shape index (κ2) is 9.86. The van der Waals surface area contributed by atoms with Crippen LogP contribution in [0.1, 0.15) is 57.8 Å². The third-order valence-electron chi connectivity index (χ3n) is 5.18. The van der Waals surface area contributed by atoms with Gasteiger partial charge in [-0.2, -0.15) is 13.2 Å². The summed E-state index contributed by atoms with van der Waals surface area (Å²) in [6, 6.07) is 10.8. The Bertz CT molecular complexity index is 1160. The average Bonchev–Trinajstić information content (AvgIpc) is 3.08. The number of esters is 1. The number of imide groups is 1. The predicted molar refractivity (Wildman–Crippen MR) is 115 cm³/mol. The summed E-state index contributed by atoms with van der Waals surface area (Å²) in [7, 11) is 0. The van der Waals surface area contributed by atoms with E-state index in [4.69, 9.17) is 0 Å². The second-order valence-electron chi connectivity index (χ2n) is 7.29. The first-order valence-corrected chi connectivity index (χ1v) is 10.3. The van der Waals surface area contributed by atoms with Crippen LogP contribution in [0.15, 0.2) is 53.6 Å². The Morgan fingerprint density at radius 3 is 2.24 bits per heavy atom. The summed E-state index contributed by atoms with van der Waals surface area (Å²) >= 11 is 0. The van der Waals surface area contributed by atoms with Crippen LogP contribution >= 0.6 is 0 Å². The van der Waals surface area contributed by atoms with Crippen LogP contribution in [0.4, 0.5) is 18.9 Å². The van der Waals surface area contributed by atoms with Gasteiger partial charge in [0, 0.05) is 6.04 Å². The Hall–Kier alpha value is -4.02. The van der Waals surface area contributed by atoms with E-state index in [-0.39, 0.29) is 28.4 Å². The molecule has 2 amide bonds. The number of anilines is 1. The van der Waals surface area contributed by atoms with Crippen molar-refractivity contribution in [2.45, 2.75) is 38.9 Å². The lowest BCUT2D eigenvalue weighted by molar-refractivity contribution is -0.164. The summed E-state index contributed by atoms with van der Waals surface area (Å²) in [5.41, 5.74) is 1.91. The lowest BCUT2D eigenvalue weighted by Gasteiger charge is -2.23. The summed E-state index contributed by atoms with van der Waals surface area (Å²) in [6.07, 6.45) is -4.35. The molecule has 0 aromatic heterocycles. The van der Waals surface area contributed by atoms with Crippen molar-refractivity contribution >= 4 is 35.2 Å². The number of nitrogens with one attached hydrogen (secondary N) is 1. The molecule has 2 aromatic rings. The molecule has 1 aliphatic rings. The number of ether oxygens (including phenoxy) is 1. The summed E-state index contributed by atoms with van der Waals surface area (Å²) in [6.45, 7) is 3.63. The largest absolute Gasteiger partial charge is 0.460 e. The van der Waals surface area contributed by atoms with Crippen molar-refractivity contribution in [1.82, 2.24) is 4.90 Å². The molecule has 0 unspecified atom stereocenters. The van der Waals surface area contributed by atoms with Crippen molar-refractivity contribution in [3.05, 3.63) is 65.2 Å². The van der Waals surface area contributed by atoms with Gasteiger partial charge in [0.1, 0.15) is 0 Å². The van der Waals surface area contributed by atoms with Gasteiger partial charge in [-0.05, 0) is 37.1 Å². The maximum atomic E-state index is 13.1. The fraction of sp³-hybridized carbons (Fsp3) is 0.261. The Labute approximate surface area is 192 Å². The minimum atomic E-state index is -5.38. The second-order valence-corrected chi connectivity index (χ2v) is 7.29. The van der Waals surface area contributed by atoms with Gasteiger partial charge in [-0.25, -0.2) is 4.79 Å². The highest BCUT2D eigenvalue weighted by Gasteiger charge is 2.45. The van der Waals surface area contributed by atoms with Crippen LogP contribution in [0.3, 0.4) is 0 Å². The molecule has 34 heavy (non-hydrogen) atoms. The van der Waals surface area contributed by atoms with Gasteiger partial charge in [-0.3, -0.25) is 24.7 Å². The molecule has 1 N–H and O–H groups in total. The fourth-order valence-corrected chi connectivity index (χ4v) is 3.46. The number of halogens is 3. The number of rotatable bonds is 7. The minimum Gasteiger partial charge on any atom is -0.398 e. The third-order valence-corrected chi connectivity index (χ3v) is 5.18. The van der Waals surface area contributed by atoms with Gasteiger partial charge >= 0.3 is 17.9 Å². The van der Waals surface area contributed by atoms with Crippen molar-refractivity contribution in [1.29, 1.82) is 0 Å². The maximum Gasteiger partial charge on any atom is 0.460 e. The van der Waals surface area contributed by atoms with Crippen molar-refractivity contribution < 1.29 is 37.1 Å². The van der Waals surface area contributed by atoms with E-state index in [1.165, 1.54) is 42.5 Å². The molecule has 178 valence electrons. The molecular weight excluding hydrogens is 455 g/mol. The van der Waals surface area contributed by atoms with E-state index in [0.717, 1.165) is 4.90 Å². The zero-order valence-corrected chi connectivity index (χ0v) is 18.2. The molecule has 0 bridgehead atoms. The first-order chi connectivity index (χ1) is 16.1. The van der Waals surface area contributed by atoms with E-state index in [2.05, 4.69) is 15.3 Å². The number of Topliss-reactive ketones (excluding diaryl/α,β-unsaturated/α-hetero) is 1. The molecule has 0 atom stereocenters. The first kappa shape index (κ1) is 24.6. The molecule has 0 spiro atoms. The fourth-order valence-electron chi connectivity index (χ4n) is 3.46. The molecule has 3 rings (SSSR count). The van der Waals surface area contributed by atoms with Crippen LogP contribution in [-0.4, -0.2) is 46.6 Å². The highest BCUT2D eigenvalue weighted by molar-refractivity contribution is 6.40. The quantitative estimate of drug-likeness (QED) is 0.212. The summed E-state index contributed by atoms with van der Waals surface area (Å²) in [4.78, 5) is 50.9. The molecule has 0 fully saturated rings. The molecule has 0 radical (unpaired) electrons. The van der Waals surface area contributed by atoms with Gasteiger partial charge in [-0.1, -0.05) is 38.1 Å². The minimum absolute atomic E-state index is 0.0436. The van der Waals surface area contributed by atoms with Crippen LogP contribution < -0.4 is 5.43 Å². The number of nitrogens with zero attached hydrogens (tertiary/aromatic N) is 2. The smallest absolute Gasteiger partial charge is 0.398 e. The van der Waals surface area contributed by atoms with Gasteiger partial charge in [-0.15, -0.1) is 5.10 Å². The number of benzene rings is 2. The lowest BCUT2D eigenvalue weighted by atomic mass is 10.1. The summed E-state index contributed by atoms with van der Waals surface area (Å²) < 4.78 is 43.8. The molecule has 0 saturated heterocycles. The standard InChI is InChI=1S/C23H20F3N3O5/c1-3-14(4-2)29-20(31)15-11-8-12-16(17(15)21(29)32)27-28-19(18(30)23(24,25)26)34-22(33)13-9-6-5-7-10-13/h5-12,14,27H,3-4H2,1-2H3. The van der Waals surface area contributed by atoms with E-state index in [0.29, 0.717) is 12.8 Å². The predicted octanol–water partition coefficient (Wildman–Crippen LogP) is 4.19. The van der Waals surface area contributed by atoms with E-state index in [1.54, 1.807) is 6.07 Å². The Balaban J connectivity index is 1.95. The number of hydrazone groups is 1. The molecule has 1 heterocycles. The zero-order chi connectivity index (χ0) is 25.0. The Kier molecular flexibility index (Phi) is 7.14. The van der Waals surface area contributed by atoms with Crippen LogP contribution in [0.5, 0.6) is 0 Å². The van der Waals surface area contributed by atoms with Gasteiger partial charge in [0.15, 0.2) is 0 Å². The topological polar surface area (TPSA) is 105 Å². The summed E-state index contributed by atoms with van der Waals surface area (Å²) in [5.74, 6) is -6.48. The number of hydrogen-bond acceptors (Lipinski definition) is 7. The first-order valence-electron chi connectivity index (χ1n) is 10.3. The normalized spacial score (nSPS) is 13.8. The average molecular weight is 475 g/mol. The van der Waals surface area contributed by atoms with Crippen LogP contribution in [0.2, 0.25) is 0 Å². The van der Waals surface area contributed by atoms with Crippen LogP contribution in [0, 0.1) is 0 Å². The highest BCUT2D eigenvalue weighted by Crippen LogP contribution is 2.32. The SMILES string of the molecule is CCC(CC)N1C(=O)c2cccc(NN=C(OC(=O)c3ccccc3)C(=O)C(F)(F)F)c2C1=O. The number of hydrogen-bond donors (Lipinski definition) is 1. The van der Waals surface area contributed by atoms with Crippen LogP contribution in [0.25, 0.3) is 0 Å². The van der Waals surface area contributed by atoms with Gasteiger partial charge < -0.3 is 4.74 Å². The van der Waals surface area contributed by atoms with Gasteiger partial charge in [0.25, 0.3) is 17.7 Å². The molecule has 0 saturated carbocycles. The van der Waals surface area contributed by atoms with Gasteiger partial charge in [0.05, 0.1) is 22.4 Å². The monoisotopic (exact) mass is 475 g/mol. The molecular formula is C23H20F3N3O5. The molecule has 8 nitrogen and oxygen atoms in total. The highest BCUT2D eigenvalue weighted by atomic mass is 19.4. The van der Waals surface area contributed by atoms with E-state index in [9.17, 15) is 32.3 Å². The molecule has 1 aliphatic heterocycles. The third kappa shape index (κ3) is 4.82. The van der Waals surface area contributed by atoms with Crippen molar-refractivity contribution in [3.8, 4) is 0 Å². The van der Waals surface area contributed by atoms with Crippen molar-refractivity contribution in [2.75, 3.05) is 5.43 Å². The summed E-state index contributed by atoms with van der Waals surface area (Å²) in [5, 5.41) is 3.35. The number of carbonyl (C=O) groups excluding carboxylic acids is 4. The van der Waals surface area contributed by atoms with Crippen molar-refractivity contribution in [2.24, 2.45) is 5.10 Å². The molecule has 0 aliphatic carbocycles. The number of amides is 2. The molecule has 11 heteroatoms. The van der Waals surface area contributed by atoms with Gasteiger partial charge in [0.2, 0.25) is 0 Å². The number of alkyl halides is 3. The number of ketones is 1. The Morgan fingerprint density at radius 2 is 1.65 bits per heavy atom. The maximum absolute atomic E-state index is 13.1. The van der Waals surface area contributed by atoms with Crippen LogP contribution in [-0.2, 0) is 9.53 Å². The number of carbonyl (C=O) groups is 4. The zero-order valence-electron chi connectivity index (χ0n) is 18.2. The van der Waals surface area contributed by atoms with E-state index in [1.807, 2.05) is 13.8 Å². The lowest BCUT2D eigenvalue weighted by Crippen LogP contribution is -2.39. The van der Waals surface area contributed by atoms with E-state index < -0.39 is 35.6 Å². The molecule has 2 aromatic carbocycles. The van der Waals surface area contributed by atoms with E-state index >= 15 is 0 Å². The van der Waals surface area contributed by atoms with Crippen molar-refractivity contribution in [3.63, 3.8) is 0 Å².